The number of hydrogen-bond donors (Lipinski definition) is 1. The lowest BCUT2D eigenvalue weighted by Gasteiger charge is -2.42. The average molecular weight is 293 g/mol. The molecule has 2 N–H and O–H groups in total. The molecule has 1 aromatic carbocycles. The molecule has 21 heavy (non-hydrogen) atoms. The first-order chi connectivity index (χ1) is 9.84. The molecule has 1 heterocycles. The summed E-state index contributed by atoms with van der Waals surface area (Å²) in [7, 11) is 1.34. The third kappa shape index (κ3) is 2.83. The summed E-state index contributed by atoms with van der Waals surface area (Å²) in [5, 5.41) is 0. The van der Waals surface area contributed by atoms with Gasteiger partial charge in [0, 0.05) is 6.42 Å². The van der Waals surface area contributed by atoms with Gasteiger partial charge in [-0.25, -0.2) is 4.79 Å². The fourth-order valence-corrected chi connectivity index (χ4v) is 2.82. The predicted molar refractivity (Wildman–Crippen MR) is 79.4 cm³/mol. The minimum Gasteiger partial charge on any atom is -0.493 e. The molecule has 1 aliphatic heterocycles. The first kappa shape index (κ1) is 15.6. The second kappa shape index (κ2) is 5.56. The smallest absolute Gasteiger partial charge is 0.330 e. The molecule has 0 radical (unpaired) electrons. The molecule has 2 rings (SSSR count). The van der Waals surface area contributed by atoms with Crippen LogP contribution in [0.5, 0.6) is 11.5 Å². The molecule has 1 aliphatic rings. The van der Waals surface area contributed by atoms with E-state index in [-0.39, 0.29) is 0 Å². The van der Waals surface area contributed by atoms with Gasteiger partial charge in [0.25, 0.3) is 0 Å². The van der Waals surface area contributed by atoms with Gasteiger partial charge in [0.2, 0.25) is 0 Å². The van der Waals surface area contributed by atoms with Crippen molar-refractivity contribution in [2.24, 2.45) is 5.73 Å². The standard InChI is InChI=1S/C16H23NO4/c1-5-9-20-11-7-6-8-12-13(11)16(17,14(18)19-4)10-15(2,3)21-12/h6-8H,5,9-10,17H2,1-4H3. The van der Waals surface area contributed by atoms with Gasteiger partial charge in [-0.15, -0.1) is 0 Å². The predicted octanol–water partition coefficient (Wildman–Crippen LogP) is 2.36. The Morgan fingerprint density at radius 2 is 2.14 bits per heavy atom. The molecule has 1 aromatic rings. The third-order valence-electron chi connectivity index (χ3n) is 3.54. The highest BCUT2D eigenvalue weighted by Gasteiger charge is 2.50. The number of hydrogen-bond acceptors (Lipinski definition) is 5. The number of fused-ring (bicyclic) bond motifs is 1. The largest absolute Gasteiger partial charge is 0.493 e. The molecular weight excluding hydrogens is 270 g/mol. The van der Waals surface area contributed by atoms with Crippen molar-refractivity contribution in [2.45, 2.75) is 44.8 Å². The van der Waals surface area contributed by atoms with Crippen molar-refractivity contribution in [2.75, 3.05) is 13.7 Å². The van der Waals surface area contributed by atoms with Crippen molar-refractivity contribution in [3.63, 3.8) is 0 Å². The van der Waals surface area contributed by atoms with Crippen molar-refractivity contribution in [1.29, 1.82) is 0 Å². The van der Waals surface area contributed by atoms with Crippen LogP contribution in [0, 0.1) is 0 Å². The highest BCUT2D eigenvalue weighted by atomic mass is 16.5. The fourth-order valence-electron chi connectivity index (χ4n) is 2.82. The molecule has 0 fully saturated rings. The molecule has 5 heteroatoms. The summed E-state index contributed by atoms with van der Waals surface area (Å²) in [6, 6.07) is 5.45. The van der Waals surface area contributed by atoms with E-state index >= 15 is 0 Å². The van der Waals surface area contributed by atoms with Crippen LogP contribution in [0.3, 0.4) is 0 Å². The van der Waals surface area contributed by atoms with Crippen LogP contribution in [0.15, 0.2) is 18.2 Å². The van der Waals surface area contributed by atoms with Gasteiger partial charge in [-0.2, -0.15) is 0 Å². The topological polar surface area (TPSA) is 70.8 Å². The average Bonchev–Trinajstić information content (AvgIpc) is 2.42. The molecule has 0 bridgehead atoms. The molecule has 1 atom stereocenters. The maximum Gasteiger partial charge on any atom is 0.330 e. The van der Waals surface area contributed by atoms with Crippen molar-refractivity contribution in [3.8, 4) is 11.5 Å². The Hall–Kier alpha value is -1.75. The zero-order valence-electron chi connectivity index (χ0n) is 13.1. The molecule has 0 aromatic heterocycles. The molecule has 1 unspecified atom stereocenters. The Morgan fingerprint density at radius 1 is 1.43 bits per heavy atom. The second-order valence-corrected chi connectivity index (χ2v) is 5.98. The normalized spacial score (nSPS) is 22.9. The molecular formula is C16H23NO4. The van der Waals surface area contributed by atoms with E-state index in [1.807, 2.05) is 26.8 Å². The van der Waals surface area contributed by atoms with Crippen LogP contribution in [0.25, 0.3) is 0 Å². The van der Waals surface area contributed by atoms with Gasteiger partial charge in [0.1, 0.15) is 17.1 Å². The number of rotatable bonds is 4. The molecule has 0 aliphatic carbocycles. The first-order valence-electron chi connectivity index (χ1n) is 7.16. The second-order valence-electron chi connectivity index (χ2n) is 5.98. The third-order valence-corrected chi connectivity index (χ3v) is 3.54. The number of esters is 1. The fraction of sp³-hybridized carbons (Fsp3) is 0.562. The lowest BCUT2D eigenvalue weighted by molar-refractivity contribution is -0.151. The van der Waals surface area contributed by atoms with E-state index in [0.29, 0.717) is 30.1 Å². The number of carbonyl (C=O) groups is 1. The minimum atomic E-state index is -1.27. The number of carbonyl (C=O) groups excluding carboxylic acids is 1. The van der Waals surface area contributed by atoms with E-state index in [0.717, 1.165) is 6.42 Å². The van der Waals surface area contributed by atoms with Crippen molar-refractivity contribution < 1.29 is 19.0 Å². The van der Waals surface area contributed by atoms with Crippen LogP contribution < -0.4 is 15.2 Å². The monoisotopic (exact) mass is 293 g/mol. The van der Waals surface area contributed by atoms with Crippen molar-refractivity contribution in [3.05, 3.63) is 23.8 Å². The van der Waals surface area contributed by atoms with E-state index in [9.17, 15) is 4.79 Å². The molecule has 0 saturated carbocycles. The van der Waals surface area contributed by atoms with Gasteiger partial charge >= 0.3 is 5.97 Å². The lowest BCUT2D eigenvalue weighted by atomic mass is 9.78. The number of nitrogens with two attached hydrogens (primary N) is 1. The Morgan fingerprint density at radius 3 is 2.76 bits per heavy atom. The Balaban J connectivity index is 2.58. The number of ether oxygens (including phenoxy) is 3. The molecule has 0 spiro atoms. The van der Waals surface area contributed by atoms with Gasteiger partial charge in [-0.05, 0) is 32.4 Å². The van der Waals surface area contributed by atoms with Crippen LogP contribution in [-0.2, 0) is 15.1 Å². The van der Waals surface area contributed by atoms with Gasteiger partial charge in [0.15, 0.2) is 5.54 Å². The summed E-state index contributed by atoms with van der Waals surface area (Å²) in [5.41, 5.74) is 5.19. The van der Waals surface area contributed by atoms with E-state index in [1.165, 1.54) is 7.11 Å². The van der Waals surface area contributed by atoms with Gasteiger partial charge in [-0.3, -0.25) is 0 Å². The zero-order valence-corrected chi connectivity index (χ0v) is 13.1. The molecule has 5 nitrogen and oxygen atoms in total. The SMILES string of the molecule is CCCOc1cccc2c1C(N)(C(=O)OC)CC(C)(C)O2. The highest BCUT2D eigenvalue weighted by molar-refractivity contribution is 5.85. The lowest BCUT2D eigenvalue weighted by Crippen LogP contribution is -2.55. The molecule has 0 amide bonds. The van der Waals surface area contributed by atoms with Crippen molar-refractivity contribution >= 4 is 5.97 Å². The molecule has 0 saturated heterocycles. The van der Waals surface area contributed by atoms with E-state index < -0.39 is 17.1 Å². The summed E-state index contributed by atoms with van der Waals surface area (Å²) in [6.07, 6.45) is 1.19. The maximum atomic E-state index is 12.3. The molecule has 116 valence electrons. The van der Waals surface area contributed by atoms with Crippen LogP contribution in [-0.4, -0.2) is 25.3 Å². The summed E-state index contributed by atoms with van der Waals surface area (Å²) >= 11 is 0. The maximum absolute atomic E-state index is 12.3. The minimum absolute atomic E-state index is 0.326. The number of benzene rings is 1. The van der Waals surface area contributed by atoms with Gasteiger partial charge < -0.3 is 19.9 Å². The highest BCUT2D eigenvalue weighted by Crippen LogP contribution is 2.47. The van der Waals surface area contributed by atoms with Crippen molar-refractivity contribution in [1.82, 2.24) is 0 Å². The van der Waals surface area contributed by atoms with E-state index in [2.05, 4.69) is 0 Å². The van der Waals surface area contributed by atoms with Crippen LogP contribution in [0.2, 0.25) is 0 Å². The van der Waals surface area contributed by atoms with Crippen LogP contribution in [0.4, 0.5) is 0 Å². The Labute approximate surface area is 125 Å². The van der Waals surface area contributed by atoms with Gasteiger partial charge in [0.05, 0.1) is 19.3 Å². The summed E-state index contributed by atoms with van der Waals surface area (Å²) in [4.78, 5) is 12.3. The van der Waals surface area contributed by atoms with Crippen LogP contribution >= 0.6 is 0 Å². The Kier molecular flexibility index (Phi) is 4.14. The quantitative estimate of drug-likeness (QED) is 0.863. The first-order valence-corrected chi connectivity index (χ1v) is 7.16. The van der Waals surface area contributed by atoms with Crippen LogP contribution in [0.1, 0.15) is 39.2 Å². The summed E-state index contributed by atoms with van der Waals surface area (Å²) in [6.45, 7) is 6.38. The number of methoxy groups -OCH3 is 1. The summed E-state index contributed by atoms with van der Waals surface area (Å²) < 4.78 is 16.6. The zero-order chi connectivity index (χ0) is 15.7. The summed E-state index contributed by atoms with van der Waals surface area (Å²) in [5.74, 6) is 0.679. The van der Waals surface area contributed by atoms with E-state index in [1.54, 1.807) is 12.1 Å². The van der Waals surface area contributed by atoms with E-state index in [4.69, 9.17) is 19.9 Å². The van der Waals surface area contributed by atoms with Gasteiger partial charge in [-0.1, -0.05) is 13.0 Å². The Bertz CT molecular complexity index is 541.